The maximum atomic E-state index is 13.4. The summed E-state index contributed by atoms with van der Waals surface area (Å²) in [5, 5.41) is 3.34. The first-order chi connectivity index (χ1) is 11.2. The number of anilines is 1. The number of nitrogens with zero attached hydrogens (tertiary/aromatic N) is 1. The van der Waals surface area contributed by atoms with Crippen LogP contribution in [0.3, 0.4) is 0 Å². The second-order valence-corrected chi connectivity index (χ2v) is 7.34. The van der Waals surface area contributed by atoms with Crippen LogP contribution in [0.2, 0.25) is 0 Å². The summed E-state index contributed by atoms with van der Waals surface area (Å²) in [5.41, 5.74) is 2.04. The fourth-order valence-corrected chi connectivity index (χ4v) is 4.87. The molecule has 1 saturated heterocycles. The molecule has 5 heteroatoms. The number of hydrogen-bond donors (Lipinski definition) is 1. The summed E-state index contributed by atoms with van der Waals surface area (Å²) in [5.74, 6) is 0.165. The summed E-state index contributed by atoms with van der Waals surface area (Å²) >= 11 is 0. The molecule has 1 N–H and O–H groups in total. The fourth-order valence-electron chi connectivity index (χ4n) is 4.87. The van der Waals surface area contributed by atoms with Crippen molar-refractivity contribution in [2.45, 2.75) is 49.5 Å². The van der Waals surface area contributed by atoms with Gasteiger partial charge in [-0.1, -0.05) is 31.0 Å². The van der Waals surface area contributed by atoms with E-state index in [0.717, 1.165) is 38.2 Å². The van der Waals surface area contributed by atoms with Crippen molar-refractivity contribution in [1.82, 2.24) is 5.32 Å². The number of amides is 1. The monoisotopic (exact) mass is 350 g/mol. The van der Waals surface area contributed by atoms with E-state index in [9.17, 15) is 4.79 Å². The minimum atomic E-state index is -0.650. The van der Waals surface area contributed by atoms with Gasteiger partial charge in [0.2, 0.25) is 0 Å². The first kappa shape index (κ1) is 17.7. The Bertz CT molecular complexity index is 607. The van der Waals surface area contributed by atoms with E-state index in [1.165, 1.54) is 31.2 Å². The summed E-state index contributed by atoms with van der Waals surface area (Å²) in [4.78, 5) is 15.5. The summed E-state index contributed by atoms with van der Waals surface area (Å²) in [6, 6.07) is 8.51. The molecule has 4 rings (SSSR count). The molecule has 132 valence electrons. The normalized spacial score (nSPS) is 23.8. The number of hydrogen-bond acceptors (Lipinski definition) is 3. The number of para-hydroxylation sites is 1. The van der Waals surface area contributed by atoms with Gasteiger partial charge in [-0.05, 0) is 50.4 Å². The van der Waals surface area contributed by atoms with Crippen molar-refractivity contribution in [3.05, 3.63) is 29.8 Å². The largest absolute Gasteiger partial charge is 0.368 e. The topological polar surface area (TPSA) is 41.6 Å². The number of nitrogens with one attached hydrogen (secondary N) is 1. The van der Waals surface area contributed by atoms with Crippen LogP contribution >= 0.6 is 12.4 Å². The molecule has 0 atom stereocenters. The number of rotatable bonds is 2. The van der Waals surface area contributed by atoms with E-state index in [1.54, 1.807) is 7.11 Å². The van der Waals surface area contributed by atoms with E-state index in [1.807, 2.05) is 4.90 Å². The maximum absolute atomic E-state index is 13.4. The minimum absolute atomic E-state index is 0. The predicted molar refractivity (Wildman–Crippen MR) is 98.0 cm³/mol. The first-order valence-electron chi connectivity index (χ1n) is 8.88. The summed E-state index contributed by atoms with van der Waals surface area (Å²) in [6.45, 7) is 2.53. The van der Waals surface area contributed by atoms with Crippen molar-refractivity contribution >= 4 is 24.0 Å². The van der Waals surface area contributed by atoms with Crippen LogP contribution in [-0.2, 0) is 14.9 Å². The van der Waals surface area contributed by atoms with Crippen molar-refractivity contribution in [3.8, 4) is 0 Å². The SMILES string of the molecule is COC1(C(=O)N2CC3(CCCC3)c3ccccc32)CCNCC1.Cl. The molecule has 1 aromatic rings. The van der Waals surface area contributed by atoms with Crippen LogP contribution in [0.25, 0.3) is 0 Å². The second-order valence-electron chi connectivity index (χ2n) is 7.34. The molecule has 4 nitrogen and oxygen atoms in total. The van der Waals surface area contributed by atoms with Gasteiger partial charge in [0.1, 0.15) is 5.60 Å². The van der Waals surface area contributed by atoms with Gasteiger partial charge in [0.25, 0.3) is 5.91 Å². The van der Waals surface area contributed by atoms with Crippen LogP contribution in [0, 0.1) is 0 Å². The smallest absolute Gasteiger partial charge is 0.259 e. The summed E-state index contributed by atoms with van der Waals surface area (Å²) in [6.07, 6.45) is 6.47. The highest BCUT2D eigenvalue weighted by atomic mass is 35.5. The van der Waals surface area contributed by atoms with Gasteiger partial charge in [-0.25, -0.2) is 0 Å². The highest BCUT2D eigenvalue weighted by Gasteiger charge is 2.50. The Morgan fingerprint density at radius 3 is 2.46 bits per heavy atom. The Labute approximate surface area is 150 Å². The predicted octanol–water partition coefficient (Wildman–Crippen LogP) is 3.04. The molecule has 24 heavy (non-hydrogen) atoms. The number of halogens is 1. The lowest BCUT2D eigenvalue weighted by atomic mass is 9.81. The average molecular weight is 351 g/mol. The Morgan fingerprint density at radius 1 is 1.12 bits per heavy atom. The molecule has 0 radical (unpaired) electrons. The lowest BCUT2D eigenvalue weighted by molar-refractivity contribution is -0.143. The summed E-state index contributed by atoms with van der Waals surface area (Å²) < 4.78 is 5.79. The van der Waals surface area contributed by atoms with Gasteiger partial charge in [0, 0.05) is 24.8 Å². The lowest BCUT2D eigenvalue weighted by Crippen LogP contribution is -2.56. The van der Waals surface area contributed by atoms with Gasteiger partial charge in [-0.2, -0.15) is 0 Å². The number of methoxy groups -OCH3 is 1. The Morgan fingerprint density at radius 2 is 1.79 bits per heavy atom. The number of carbonyl (C=O) groups excluding carboxylic acids is 1. The molecule has 3 aliphatic rings. The van der Waals surface area contributed by atoms with E-state index in [-0.39, 0.29) is 23.7 Å². The number of fused-ring (bicyclic) bond motifs is 2. The average Bonchev–Trinajstić information content (AvgIpc) is 3.21. The van der Waals surface area contributed by atoms with Crippen LogP contribution < -0.4 is 10.2 Å². The van der Waals surface area contributed by atoms with E-state index < -0.39 is 5.60 Å². The minimum Gasteiger partial charge on any atom is -0.368 e. The van der Waals surface area contributed by atoms with Crippen LogP contribution in [0.1, 0.15) is 44.1 Å². The fraction of sp³-hybridized carbons (Fsp3) is 0.632. The third-order valence-corrected chi connectivity index (χ3v) is 6.22. The molecule has 2 heterocycles. The zero-order valence-corrected chi connectivity index (χ0v) is 15.2. The molecule has 2 aliphatic heterocycles. The molecule has 0 aromatic heterocycles. The molecule has 0 unspecified atom stereocenters. The molecule has 1 aromatic carbocycles. The molecular weight excluding hydrogens is 324 g/mol. The van der Waals surface area contributed by atoms with Crippen LogP contribution in [-0.4, -0.2) is 38.3 Å². The Balaban J connectivity index is 0.00000169. The van der Waals surface area contributed by atoms with Gasteiger partial charge in [-0.15, -0.1) is 12.4 Å². The van der Waals surface area contributed by atoms with E-state index in [4.69, 9.17) is 4.74 Å². The Hall–Kier alpha value is -1.10. The maximum Gasteiger partial charge on any atom is 0.259 e. The van der Waals surface area contributed by atoms with Crippen molar-refractivity contribution in [1.29, 1.82) is 0 Å². The van der Waals surface area contributed by atoms with Crippen molar-refractivity contribution in [2.24, 2.45) is 0 Å². The molecule has 1 amide bonds. The number of piperidine rings is 1. The molecule has 1 saturated carbocycles. The quantitative estimate of drug-likeness (QED) is 0.891. The molecule has 2 fully saturated rings. The number of benzene rings is 1. The van der Waals surface area contributed by atoms with Gasteiger partial charge in [0.15, 0.2) is 0 Å². The first-order valence-corrected chi connectivity index (χ1v) is 8.88. The van der Waals surface area contributed by atoms with E-state index in [0.29, 0.717) is 0 Å². The van der Waals surface area contributed by atoms with Crippen molar-refractivity contribution in [2.75, 3.05) is 31.6 Å². The standard InChI is InChI=1S/C19H26N2O2.ClH/c1-23-19(10-12-20-13-11-19)17(22)21-14-18(8-4-5-9-18)15-6-2-3-7-16(15)21;/h2-3,6-7,20H,4-5,8-14H2,1H3;1H. The zero-order valence-electron chi connectivity index (χ0n) is 14.3. The molecule has 1 spiro atoms. The van der Waals surface area contributed by atoms with Crippen molar-refractivity contribution in [3.63, 3.8) is 0 Å². The highest BCUT2D eigenvalue weighted by Crippen LogP contribution is 2.51. The second kappa shape index (κ2) is 6.66. The molecule has 1 aliphatic carbocycles. The van der Waals surface area contributed by atoms with Gasteiger partial charge in [-0.3, -0.25) is 4.79 Å². The lowest BCUT2D eigenvalue weighted by Gasteiger charge is -2.38. The summed E-state index contributed by atoms with van der Waals surface area (Å²) in [7, 11) is 1.69. The van der Waals surface area contributed by atoms with Crippen LogP contribution in [0.4, 0.5) is 5.69 Å². The highest BCUT2D eigenvalue weighted by molar-refractivity contribution is 6.02. The van der Waals surface area contributed by atoms with Crippen LogP contribution in [0.5, 0.6) is 0 Å². The van der Waals surface area contributed by atoms with E-state index in [2.05, 4.69) is 29.6 Å². The Kier molecular flexibility index (Phi) is 4.92. The zero-order chi connectivity index (χ0) is 15.9. The van der Waals surface area contributed by atoms with E-state index >= 15 is 0 Å². The molecular formula is C19H27ClN2O2. The molecule has 0 bridgehead atoms. The van der Waals surface area contributed by atoms with Gasteiger partial charge in [0.05, 0.1) is 0 Å². The number of ether oxygens (including phenoxy) is 1. The third-order valence-electron chi connectivity index (χ3n) is 6.22. The number of carbonyl (C=O) groups is 1. The van der Waals surface area contributed by atoms with Crippen molar-refractivity contribution < 1.29 is 9.53 Å². The van der Waals surface area contributed by atoms with Gasteiger partial charge < -0.3 is 15.0 Å². The van der Waals surface area contributed by atoms with Crippen LogP contribution in [0.15, 0.2) is 24.3 Å². The third kappa shape index (κ3) is 2.56. The van der Waals surface area contributed by atoms with Gasteiger partial charge >= 0.3 is 0 Å².